The Hall–Kier alpha value is -2.20. The first-order valence-corrected chi connectivity index (χ1v) is 6.80. The van der Waals surface area contributed by atoms with E-state index in [1.54, 1.807) is 12.4 Å². The van der Waals surface area contributed by atoms with Crippen LogP contribution in [0.4, 0.5) is 11.4 Å². The van der Waals surface area contributed by atoms with Gasteiger partial charge in [-0.25, -0.2) is 0 Å². The van der Waals surface area contributed by atoms with Gasteiger partial charge >= 0.3 is 0 Å². The highest BCUT2D eigenvalue weighted by Crippen LogP contribution is 2.28. The van der Waals surface area contributed by atoms with Crippen molar-refractivity contribution in [2.75, 3.05) is 31.2 Å². The Labute approximate surface area is 118 Å². The van der Waals surface area contributed by atoms with Crippen molar-refractivity contribution in [3.63, 3.8) is 0 Å². The third kappa shape index (κ3) is 3.03. The molecule has 102 valence electrons. The van der Waals surface area contributed by atoms with Crippen molar-refractivity contribution in [1.82, 2.24) is 4.98 Å². The quantitative estimate of drug-likeness (QED) is 0.802. The van der Waals surface area contributed by atoms with Crippen LogP contribution in [-0.2, 0) is 4.74 Å². The number of hydrogen-bond donors (Lipinski definition) is 0. The average Bonchev–Trinajstić information content (AvgIpc) is 2.55. The number of ether oxygens (including phenoxy) is 1. The maximum absolute atomic E-state index is 5.40. The van der Waals surface area contributed by atoms with Crippen molar-refractivity contribution >= 4 is 17.6 Å². The molecule has 4 nitrogen and oxygen atoms in total. The highest BCUT2D eigenvalue weighted by Gasteiger charge is 2.13. The van der Waals surface area contributed by atoms with Crippen LogP contribution in [0.1, 0.15) is 5.69 Å². The molecule has 0 spiro atoms. The molecule has 3 rings (SSSR count). The van der Waals surface area contributed by atoms with Crippen molar-refractivity contribution in [1.29, 1.82) is 0 Å². The maximum Gasteiger partial charge on any atom is 0.0863 e. The number of aromatic nitrogens is 1. The Bertz CT molecular complexity index is 577. The number of benzene rings is 1. The standard InChI is InChI=1S/C16H17N3O/c1-2-7-16(19-9-11-20-12-10-19)15(6-1)18-13-14-5-3-4-8-17-14/h1-8,13H,9-12H2/b18-13+. The third-order valence-electron chi connectivity index (χ3n) is 3.26. The summed E-state index contributed by atoms with van der Waals surface area (Å²) in [6.07, 6.45) is 3.58. The second-order valence-corrected chi connectivity index (χ2v) is 4.60. The largest absolute Gasteiger partial charge is 0.378 e. The summed E-state index contributed by atoms with van der Waals surface area (Å²) in [6.45, 7) is 3.38. The average molecular weight is 267 g/mol. The van der Waals surface area contributed by atoms with Crippen LogP contribution in [0, 0.1) is 0 Å². The van der Waals surface area contributed by atoms with E-state index in [4.69, 9.17) is 4.74 Å². The zero-order valence-electron chi connectivity index (χ0n) is 11.3. The Balaban J connectivity index is 1.84. The van der Waals surface area contributed by atoms with Gasteiger partial charge in [0.2, 0.25) is 0 Å². The molecule has 2 heterocycles. The van der Waals surface area contributed by atoms with Gasteiger partial charge in [0, 0.05) is 19.3 Å². The lowest BCUT2D eigenvalue weighted by Crippen LogP contribution is -2.36. The maximum atomic E-state index is 5.40. The Morgan fingerprint density at radius 3 is 2.65 bits per heavy atom. The van der Waals surface area contributed by atoms with E-state index in [0.717, 1.165) is 43.4 Å². The molecule has 0 aliphatic carbocycles. The van der Waals surface area contributed by atoms with Gasteiger partial charge in [-0.3, -0.25) is 9.98 Å². The lowest BCUT2D eigenvalue weighted by atomic mass is 10.2. The molecule has 0 amide bonds. The molecule has 1 saturated heterocycles. The number of anilines is 1. The second kappa shape index (κ2) is 6.30. The Morgan fingerprint density at radius 2 is 1.85 bits per heavy atom. The summed E-state index contributed by atoms with van der Waals surface area (Å²) in [4.78, 5) is 11.1. The lowest BCUT2D eigenvalue weighted by Gasteiger charge is -2.29. The molecular weight excluding hydrogens is 250 g/mol. The summed E-state index contributed by atoms with van der Waals surface area (Å²) in [5.41, 5.74) is 2.99. The van der Waals surface area contributed by atoms with Crippen molar-refractivity contribution < 1.29 is 4.74 Å². The van der Waals surface area contributed by atoms with E-state index >= 15 is 0 Å². The van der Waals surface area contributed by atoms with Crippen LogP contribution in [0.25, 0.3) is 0 Å². The number of morpholine rings is 1. The molecule has 0 radical (unpaired) electrons. The molecule has 1 aliphatic rings. The number of rotatable bonds is 3. The molecule has 4 heteroatoms. The molecule has 0 N–H and O–H groups in total. The Kier molecular flexibility index (Phi) is 4.04. The van der Waals surface area contributed by atoms with Gasteiger partial charge < -0.3 is 9.64 Å². The summed E-state index contributed by atoms with van der Waals surface area (Å²) in [7, 11) is 0. The highest BCUT2D eigenvalue weighted by molar-refractivity contribution is 5.82. The molecule has 0 unspecified atom stereocenters. The van der Waals surface area contributed by atoms with E-state index < -0.39 is 0 Å². The molecule has 0 bridgehead atoms. The first-order chi connectivity index (χ1) is 9.93. The molecule has 1 aromatic carbocycles. The van der Waals surface area contributed by atoms with Crippen LogP contribution in [0.15, 0.2) is 53.7 Å². The fraction of sp³-hybridized carbons (Fsp3) is 0.250. The Morgan fingerprint density at radius 1 is 1.05 bits per heavy atom. The van der Waals surface area contributed by atoms with Crippen LogP contribution in [0.5, 0.6) is 0 Å². The van der Waals surface area contributed by atoms with Gasteiger partial charge in [0.1, 0.15) is 0 Å². The second-order valence-electron chi connectivity index (χ2n) is 4.60. The number of aliphatic imine (C=N–C) groups is 1. The summed E-state index contributed by atoms with van der Waals surface area (Å²) in [5, 5.41) is 0. The minimum atomic E-state index is 0.776. The van der Waals surface area contributed by atoms with Crippen LogP contribution in [0.2, 0.25) is 0 Å². The van der Waals surface area contributed by atoms with E-state index in [-0.39, 0.29) is 0 Å². The molecule has 2 aromatic rings. The fourth-order valence-corrected chi connectivity index (χ4v) is 2.23. The normalized spacial score (nSPS) is 15.7. The van der Waals surface area contributed by atoms with E-state index in [2.05, 4.69) is 20.9 Å². The number of hydrogen-bond acceptors (Lipinski definition) is 4. The SMILES string of the molecule is C(=N\c1ccccc1N1CCOCC1)/c1ccccn1. The first kappa shape index (κ1) is 12.8. The van der Waals surface area contributed by atoms with E-state index in [9.17, 15) is 0 Å². The summed E-state index contributed by atoms with van der Waals surface area (Å²) >= 11 is 0. The molecule has 1 fully saturated rings. The number of nitrogens with zero attached hydrogens (tertiary/aromatic N) is 3. The van der Waals surface area contributed by atoms with Gasteiger partial charge in [0.05, 0.1) is 36.5 Å². The predicted octanol–water partition coefficient (Wildman–Crippen LogP) is 2.67. The van der Waals surface area contributed by atoms with Gasteiger partial charge in [-0.15, -0.1) is 0 Å². The van der Waals surface area contributed by atoms with Crippen LogP contribution >= 0.6 is 0 Å². The van der Waals surface area contributed by atoms with Gasteiger partial charge in [-0.05, 0) is 24.3 Å². The predicted molar refractivity (Wildman–Crippen MR) is 81.0 cm³/mol. The molecule has 0 saturated carbocycles. The molecular formula is C16H17N3O. The van der Waals surface area contributed by atoms with E-state index in [0.29, 0.717) is 0 Å². The van der Waals surface area contributed by atoms with Crippen molar-refractivity contribution in [2.24, 2.45) is 4.99 Å². The molecule has 0 atom stereocenters. The smallest absolute Gasteiger partial charge is 0.0863 e. The van der Waals surface area contributed by atoms with E-state index in [1.165, 1.54) is 0 Å². The van der Waals surface area contributed by atoms with Crippen molar-refractivity contribution in [3.8, 4) is 0 Å². The molecule has 1 aliphatic heterocycles. The fourth-order valence-electron chi connectivity index (χ4n) is 2.23. The number of para-hydroxylation sites is 2. The number of pyridine rings is 1. The zero-order valence-corrected chi connectivity index (χ0v) is 11.3. The summed E-state index contributed by atoms with van der Waals surface area (Å²) in [6, 6.07) is 14.0. The van der Waals surface area contributed by atoms with Gasteiger partial charge in [-0.2, -0.15) is 0 Å². The third-order valence-corrected chi connectivity index (χ3v) is 3.26. The summed E-state index contributed by atoms with van der Waals surface area (Å²) < 4.78 is 5.40. The topological polar surface area (TPSA) is 37.7 Å². The first-order valence-electron chi connectivity index (χ1n) is 6.80. The van der Waals surface area contributed by atoms with Crippen molar-refractivity contribution in [3.05, 3.63) is 54.4 Å². The van der Waals surface area contributed by atoms with Gasteiger partial charge in [-0.1, -0.05) is 18.2 Å². The van der Waals surface area contributed by atoms with E-state index in [1.807, 2.05) is 36.4 Å². The van der Waals surface area contributed by atoms with Crippen LogP contribution < -0.4 is 4.90 Å². The minimum Gasteiger partial charge on any atom is -0.378 e. The molecule has 20 heavy (non-hydrogen) atoms. The summed E-state index contributed by atoms with van der Waals surface area (Å²) in [5.74, 6) is 0. The van der Waals surface area contributed by atoms with Gasteiger partial charge in [0.25, 0.3) is 0 Å². The van der Waals surface area contributed by atoms with Crippen LogP contribution in [-0.4, -0.2) is 37.5 Å². The monoisotopic (exact) mass is 267 g/mol. The lowest BCUT2D eigenvalue weighted by molar-refractivity contribution is 0.123. The highest BCUT2D eigenvalue weighted by atomic mass is 16.5. The van der Waals surface area contributed by atoms with Gasteiger partial charge in [0.15, 0.2) is 0 Å². The van der Waals surface area contributed by atoms with Crippen LogP contribution in [0.3, 0.4) is 0 Å². The minimum absolute atomic E-state index is 0.776. The molecule has 1 aromatic heterocycles. The zero-order chi connectivity index (χ0) is 13.6. The van der Waals surface area contributed by atoms with Crippen molar-refractivity contribution in [2.45, 2.75) is 0 Å².